The van der Waals surface area contributed by atoms with Crippen molar-refractivity contribution in [3.63, 3.8) is 0 Å². The maximum absolute atomic E-state index is 12.3. The number of para-hydroxylation sites is 1. The summed E-state index contributed by atoms with van der Waals surface area (Å²) in [6.07, 6.45) is 0. The monoisotopic (exact) mass is 273 g/mol. The van der Waals surface area contributed by atoms with E-state index in [1.165, 1.54) is 0 Å². The zero-order chi connectivity index (χ0) is 14.9. The molecule has 106 valence electrons. The molecule has 0 spiro atoms. The maximum Gasteiger partial charge on any atom is 0.253 e. The summed E-state index contributed by atoms with van der Waals surface area (Å²) in [4.78, 5) is 12.3. The lowest BCUT2D eigenvalue weighted by atomic mass is 10.0. The number of aromatic nitrogens is 1. The topological polar surface area (TPSA) is 81.2 Å². The lowest BCUT2D eigenvalue weighted by molar-refractivity contribution is 0.0940. The van der Waals surface area contributed by atoms with E-state index in [0.29, 0.717) is 17.0 Å². The number of nitrogens with zero attached hydrogens (tertiary/aromatic N) is 1. The highest BCUT2D eigenvalue weighted by Gasteiger charge is 2.20. The maximum atomic E-state index is 12.3. The second-order valence-electron chi connectivity index (χ2n) is 4.97. The molecule has 2 aromatic rings. The largest absolute Gasteiger partial charge is 0.398 e. The highest BCUT2D eigenvalue weighted by atomic mass is 16.5. The van der Waals surface area contributed by atoms with Gasteiger partial charge in [-0.25, -0.2) is 0 Å². The Kier molecular flexibility index (Phi) is 3.79. The molecule has 0 bridgehead atoms. The van der Waals surface area contributed by atoms with Gasteiger partial charge < -0.3 is 15.6 Å². The SMILES string of the molecule is Cc1cccc(C(=O)NC(C)c2c(C)noc2C)c1N. The van der Waals surface area contributed by atoms with Crippen molar-refractivity contribution in [1.82, 2.24) is 10.5 Å². The molecule has 2 rings (SSSR count). The predicted octanol–water partition coefficient (Wildman–Crippen LogP) is 2.67. The third-order valence-corrected chi connectivity index (χ3v) is 3.44. The normalized spacial score (nSPS) is 12.2. The van der Waals surface area contributed by atoms with Crippen molar-refractivity contribution in [2.75, 3.05) is 5.73 Å². The number of nitrogen functional groups attached to an aromatic ring is 1. The van der Waals surface area contributed by atoms with E-state index in [9.17, 15) is 4.79 Å². The first-order chi connectivity index (χ1) is 9.41. The Morgan fingerprint density at radius 1 is 1.35 bits per heavy atom. The zero-order valence-electron chi connectivity index (χ0n) is 12.2. The standard InChI is InChI=1S/C15H19N3O2/c1-8-6-5-7-12(14(8)16)15(19)17-9(2)13-10(3)18-20-11(13)4/h5-7,9H,16H2,1-4H3,(H,17,19). The molecule has 0 aliphatic heterocycles. The zero-order valence-corrected chi connectivity index (χ0v) is 12.2. The van der Waals surface area contributed by atoms with Gasteiger partial charge in [0.05, 0.1) is 17.3 Å². The molecule has 3 N–H and O–H groups in total. The van der Waals surface area contributed by atoms with Crippen LogP contribution in [0.3, 0.4) is 0 Å². The first-order valence-corrected chi connectivity index (χ1v) is 6.50. The quantitative estimate of drug-likeness (QED) is 0.842. The van der Waals surface area contributed by atoms with Gasteiger partial charge >= 0.3 is 0 Å². The molecule has 1 aromatic carbocycles. The Morgan fingerprint density at radius 3 is 2.65 bits per heavy atom. The van der Waals surface area contributed by atoms with Gasteiger partial charge in [0.25, 0.3) is 5.91 Å². The van der Waals surface area contributed by atoms with Crippen LogP contribution in [0, 0.1) is 20.8 Å². The summed E-state index contributed by atoms with van der Waals surface area (Å²) >= 11 is 0. The summed E-state index contributed by atoms with van der Waals surface area (Å²) in [7, 11) is 0. The van der Waals surface area contributed by atoms with Gasteiger partial charge in [-0.15, -0.1) is 0 Å². The van der Waals surface area contributed by atoms with Gasteiger partial charge in [-0.3, -0.25) is 4.79 Å². The summed E-state index contributed by atoms with van der Waals surface area (Å²) < 4.78 is 5.12. The van der Waals surface area contributed by atoms with Gasteiger partial charge in [0.2, 0.25) is 0 Å². The number of carbonyl (C=O) groups excluding carboxylic acids is 1. The Balaban J connectivity index is 2.22. The number of nitrogens with one attached hydrogen (secondary N) is 1. The van der Waals surface area contributed by atoms with E-state index in [-0.39, 0.29) is 11.9 Å². The van der Waals surface area contributed by atoms with Crippen LogP contribution in [0.25, 0.3) is 0 Å². The number of hydrogen-bond donors (Lipinski definition) is 2. The van der Waals surface area contributed by atoms with Crippen LogP contribution in [0.2, 0.25) is 0 Å². The van der Waals surface area contributed by atoms with Crippen molar-refractivity contribution < 1.29 is 9.32 Å². The molecule has 5 heteroatoms. The molecule has 0 saturated heterocycles. The minimum absolute atomic E-state index is 0.186. The number of benzene rings is 1. The fraction of sp³-hybridized carbons (Fsp3) is 0.333. The summed E-state index contributed by atoms with van der Waals surface area (Å²) in [6, 6.07) is 5.23. The smallest absolute Gasteiger partial charge is 0.253 e. The highest BCUT2D eigenvalue weighted by molar-refractivity contribution is 5.99. The Bertz CT molecular complexity index is 627. The summed E-state index contributed by atoms with van der Waals surface area (Å²) in [6.45, 7) is 7.47. The number of carbonyl (C=O) groups is 1. The highest BCUT2D eigenvalue weighted by Crippen LogP contribution is 2.22. The van der Waals surface area contributed by atoms with E-state index in [1.807, 2.05) is 39.8 Å². The summed E-state index contributed by atoms with van der Waals surface area (Å²) in [5.41, 5.74) is 9.53. The van der Waals surface area contributed by atoms with E-state index in [1.54, 1.807) is 6.07 Å². The fourth-order valence-corrected chi connectivity index (χ4v) is 2.33. The molecule has 1 amide bonds. The third kappa shape index (κ3) is 2.52. The molecule has 1 atom stereocenters. The van der Waals surface area contributed by atoms with Gasteiger partial charge in [-0.1, -0.05) is 17.3 Å². The van der Waals surface area contributed by atoms with Crippen LogP contribution in [-0.2, 0) is 0 Å². The average molecular weight is 273 g/mol. The van der Waals surface area contributed by atoms with Gasteiger partial charge in [0.15, 0.2) is 0 Å². The number of anilines is 1. The first-order valence-electron chi connectivity index (χ1n) is 6.50. The lowest BCUT2D eigenvalue weighted by Crippen LogP contribution is -2.28. The second-order valence-corrected chi connectivity index (χ2v) is 4.97. The van der Waals surface area contributed by atoms with E-state index in [2.05, 4.69) is 10.5 Å². The van der Waals surface area contributed by atoms with Crippen molar-refractivity contribution in [3.8, 4) is 0 Å². The lowest BCUT2D eigenvalue weighted by Gasteiger charge is -2.15. The second kappa shape index (κ2) is 5.36. The van der Waals surface area contributed by atoms with Crippen LogP contribution in [0.15, 0.2) is 22.7 Å². The van der Waals surface area contributed by atoms with E-state index in [0.717, 1.165) is 16.8 Å². The summed E-state index contributed by atoms with van der Waals surface area (Å²) in [5.74, 6) is 0.520. The molecule has 20 heavy (non-hydrogen) atoms. The number of amides is 1. The first kappa shape index (κ1) is 14.1. The third-order valence-electron chi connectivity index (χ3n) is 3.44. The average Bonchev–Trinajstić information content (AvgIpc) is 2.72. The number of rotatable bonds is 3. The van der Waals surface area contributed by atoms with Crippen molar-refractivity contribution in [3.05, 3.63) is 46.3 Å². The molecular formula is C15H19N3O2. The number of aryl methyl sites for hydroxylation is 3. The predicted molar refractivity (Wildman–Crippen MR) is 77.4 cm³/mol. The Labute approximate surface area is 118 Å². The van der Waals surface area contributed by atoms with Crippen LogP contribution in [0.4, 0.5) is 5.69 Å². The molecule has 0 fully saturated rings. The van der Waals surface area contributed by atoms with E-state index < -0.39 is 0 Å². The molecule has 1 aromatic heterocycles. The molecule has 1 heterocycles. The van der Waals surface area contributed by atoms with Crippen LogP contribution in [0.1, 0.15) is 45.9 Å². The van der Waals surface area contributed by atoms with E-state index >= 15 is 0 Å². The minimum Gasteiger partial charge on any atom is -0.398 e. The summed E-state index contributed by atoms with van der Waals surface area (Å²) in [5, 5.41) is 6.83. The molecule has 0 radical (unpaired) electrons. The van der Waals surface area contributed by atoms with E-state index in [4.69, 9.17) is 10.3 Å². The van der Waals surface area contributed by atoms with Crippen molar-refractivity contribution in [2.24, 2.45) is 0 Å². The molecule has 0 saturated carbocycles. The number of nitrogens with two attached hydrogens (primary N) is 1. The van der Waals surface area contributed by atoms with Crippen LogP contribution >= 0.6 is 0 Å². The van der Waals surface area contributed by atoms with Gasteiger partial charge in [0.1, 0.15) is 5.76 Å². The Morgan fingerprint density at radius 2 is 2.05 bits per heavy atom. The van der Waals surface area contributed by atoms with Gasteiger partial charge in [-0.05, 0) is 39.3 Å². The molecule has 5 nitrogen and oxygen atoms in total. The van der Waals surface area contributed by atoms with Crippen molar-refractivity contribution in [2.45, 2.75) is 33.7 Å². The van der Waals surface area contributed by atoms with Crippen LogP contribution in [-0.4, -0.2) is 11.1 Å². The minimum atomic E-state index is -0.196. The fourth-order valence-electron chi connectivity index (χ4n) is 2.33. The Hall–Kier alpha value is -2.30. The molecule has 0 aliphatic rings. The van der Waals surface area contributed by atoms with Crippen molar-refractivity contribution in [1.29, 1.82) is 0 Å². The number of hydrogen-bond acceptors (Lipinski definition) is 4. The van der Waals surface area contributed by atoms with Gasteiger partial charge in [-0.2, -0.15) is 0 Å². The molecule has 0 aliphatic carbocycles. The van der Waals surface area contributed by atoms with Gasteiger partial charge in [0, 0.05) is 11.3 Å². The van der Waals surface area contributed by atoms with Crippen LogP contribution in [0.5, 0.6) is 0 Å². The molecular weight excluding hydrogens is 254 g/mol. The van der Waals surface area contributed by atoms with Crippen LogP contribution < -0.4 is 11.1 Å². The van der Waals surface area contributed by atoms with Crippen molar-refractivity contribution >= 4 is 11.6 Å². The molecule has 1 unspecified atom stereocenters.